The van der Waals surface area contributed by atoms with E-state index in [0.717, 1.165) is 6.42 Å². The molecule has 0 unspecified atom stereocenters. The van der Waals surface area contributed by atoms with Crippen molar-refractivity contribution in [2.75, 3.05) is 0 Å². The van der Waals surface area contributed by atoms with E-state index in [1.54, 1.807) is 0 Å². The smallest absolute Gasteiger partial charge is 1.00 e. The zero-order chi connectivity index (χ0) is 9.07. The van der Waals surface area contributed by atoms with Crippen molar-refractivity contribution in [3.8, 4) is 0 Å². The Bertz CT molecular complexity index is 70.0. The molecule has 0 fully saturated rings. The molecule has 82 valence electrons. The van der Waals surface area contributed by atoms with Gasteiger partial charge >= 0.3 is 59.1 Å². The molecular weight excluding hydrogens is 226 g/mol. The van der Waals surface area contributed by atoms with E-state index in [4.69, 9.17) is 0 Å². The van der Waals surface area contributed by atoms with Gasteiger partial charge in [0.25, 0.3) is 0 Å². The largest absolute Gasteiger partial charge is 1.00 e. The van der Waals surface area contributed by atoms with Crippen LogP contribution in [0.25, 0.3) is 0 Å². The van der Waals surface area contributed by atoms with Crippen LogP contribution in [0.2, 0.25) is 0 Å². The number of rotatable bonds is 9. The number of halogens is 1. The van der Waals surface area contributed by atoms with Gasteiger partial charge in [0, 0.05) is 0 Å². The molecule has 0 aliphatic carbocycles. The van der Waals surface area contributed by atoms with Crippen LogP contribution < -0.4 is 71.5 Å². The second kappa shape index (κ2) is 25.2. The number of unbranched alkanes of at least 4 members (excludes halogenated alkanes) is 9. The molecular formula is C12H25ClNa2. The third-order valence-electron chi connectivity index (χ3n) is 2.35. The van der Waals surface area contributed by atoms with Crippen LogP contribution in [0.3, 0.4) is 0 Å². The van der Waals surface area contributed by atoms with Crippen molar-refractivity contribution in [3.05, 3.63) is 6.92 Å². The summed E-state index contributed by atoms with van der Waals surface area (Å²) in [4.78, 5) is 0. The number of hydrogen-bond donors (Lipinski definition) is 0. The van der Waals surface area contributed by atoms with Gasteiger partial charge in [0.15, 0.2) is 0 Å². The molecule has 0 bridgehead atoms. The van der Waals surface area contributed by atoms with Crippen molar-refractivity contribution in [2.45, 2.75) is 71.1 Å². The third kappa shape index (κ3) is 26.1. The van der Waals surface area contributed by atoms with Crippen LogP contribution in [0.1, 0.15) is 71.1 Å². The molecule has 0 saturated heterocycles. The van der Waals surface area contributed by atoms with E-state index in [1.807, 2.05) is 0 Å². The molecule has 0 heterocycles. The van der Waals surface area contributed by atoms with Gasteiger partial charge in [-0.25, -0.2) is 0 Å². The fourth-order valence-electron chi connectivity index (χ4n) is 1.49. The Hall–Kier alpha value is 2.29. The second-order valence-corrected chi connectivity index (χ2v) is 3.68. The average Bonchev–Trinajstić information content (AvgIpc) is 2.10. The second-order valence-electron chi connectivity index (χ2n) is 3.68. The molecule has 0 aromatic heterocycles. The fourth-order valence-corrected chi connectivity index (χ4v) is 1.49. The van der Waals surface area contributed by atoms with Gasteiger partial charge in [-0.15, -0.1) is 0 Å². The Morgan fingerprint density at radius 1 is 0.667 bits per heavy atom. The zero-order valence-electron chi connectivity index (χ0n) is 11.2. The van der Waals surface area contributed by atoms with Gasteiger partial charge in [-0.1, -0.05) is 64.7 Å². The van der Waals surface area contributed by atoms with E-state index < -0.39 is 0 Å². The molecule has 0 nitrogen and oxygen atoms in total. The standard InChI is InChI=1S/C12H25.ClH.2Na/c1-3-5-7-9-11-12-10-8-6-4-2;;;/h1,3-12H2,2H3;1H;;/q-1;;2*+1/p-1. The first-order valence-corrected chi connectivity index (χ1v) is 5.71. The van der Waals surface area contributed by atoms with Gasteiger partial charge in [-0.3, -0.25) is 0 Å². The van der Waals surface area contributed by atoms with E-state index in [2.05, 4.69) is 13.8 Å². The number of hydrogen-bond acceptors (Lipinski definition) is 0. The predicted octanol–water partition coefficient (Wildman–Crippen LogP) is -4.25. The van der Waals surface area contributed by atoms with Gasteiger partial charge in [-0.05, 0) is 0 Å². The first kappa shape index (κ1) is 26.0. The van der Waals surface area contributed by atoms with Gasteiger partial charge in [-0.2, -0.15) is 6.42 Å². The first-order valence-electron chi connectivity index (χ1n) is 5.71. The molecule has 3 heteroatoms. The SMILES string of the molecule is [CH2-]CCCCCCCCCCC.[Cl-].[Na+].[Na+]. The first-order chi connectivity index (χ1) is 5.91. The van der Waals surface area contributed by atoms with Gasteiger partial charge in [0.05, 0.1) is 0 Å². The van der Waals surface area contributed by atoms with Gasteiger partial charge < -0.3 is 19.3 Å². The van der Waals surface area contributed by atoms with Crippen LogP contribution in [0.4, 0.5) is 0 Å². The molecule has 0 aliphatic rings. The van der Waals surface area contributed by atoms with E-state index in [9.17, 15) is 0 Å². The monoisotopic (exact) mass is 250 g/mol. The van der Waals surface area contributed by atoms with E-state index >= 15 is 0 Å². The molecule has 0 N–H and O–H groups in total. The minimum Gasteiger partial charge on any atom is -1.00 e. The zero-order valence-corrected chi connectivity index (χ0v) is 15.9. The summed E-state index contributed by atoms with van der Waals surface area (Å²) in [6.45, 7) is 6.12. The summed E-state index contributed by atoms with van der Waals surface area (Å²) < 4.78 is 0. The van der Waals surface area contributed by atoms with Crippen LogP contribution in [0.15, 0.2) is 0 Å². The summed E-state index contributed by atoms with van der Waals surface area (Å²) in [5.41, 5.74) is 0. The minimum atomic E-state index is 0. The quantitative estimate of drug-likeness (QED) is 0.221. The third-order valence-corrected chi connectivity index (χ3v) is 2.35. The van der Waals surface area contributed by atoms with Gasteiger partial charge in [0.2, 0.25) is 0 Å². The van der Waals surface area contributed by atoms with Crippen molar-refractivity contribution in [1.82, 2.24) is 0 Å². The summed E-state index contributed by atoms with van der Waals surface area (Å²) >= 11 is 0. The predicted molar refractivity (Wildman–Crippen MR) is 57.2 cm³/mol. The Labute approximate surface area is 148 Å². The maximum Gasteiger partial charge on any atom is 1.00 e. The van der Waals surface area contributed by atoms with E-state index in [-0.39, 0.29) is 71.5 Å². The van der Waals surface area contributed by atoms with Crippen LogP contribution in [-0.4, -0.2) is 0 Å². The molecule has 0 aromatic rings. The van der Waals surface area contributed by atoms with Crippen LogP contribution in [-0.2, 0) is 0 Å². The van der Waals surface area contributed by atoms with Crippen molar-refractivity contribution in [1.29, 1.82) is 0 Å². The molecule has 15 heavy (non-hydrogen) atoms. The molecule has 0 aliphatic heterocycles. The van der Waals surface area contributed by atoms with E-state index in [0.29, 0.717) is 0 Å². The van der Waals surface area contributed by atoms with Crippen LogP contribution in [0, 0.1) is 6.92 Å². The maximum absolute atomic E-state index is 3.84. The summed E-state index contributed by atoms with van der Waals surface area (Å²) in [5.74, 6) is 0. The topological polar surface area (TPSA) is 0 Å². The van der Waals surface area contributed by atoms with Crippen molar-refractivity contribution >= 4 is 0 Å². The summed E-state index contributed by atoms with van der Waals surface area (Å²) in [6, 6.07) is 0. The Morgan fingerprint density at radius 2 is 1.00 bits per heavy atom. The summed E-state index contributed by atoms with van der Waals surface area (Å²) in [5, 5.41) is 0. The minimum absolute atomic E-state index is 0. The maximum atomic E-state index is 3.84. The van der Waals surface area contributed by atoms with Crippen LogP contribution >= 0.6 is 0 Å². The fraction of sp³-hybridized carbons (Fsp3) is 0.917. The van der Waals surface area contributed by atoms with Gasteiger partial charge in [0.1, 0.15) is 0 Å². The molecule has 0 aromatic carbocycles. The molecule has 0 radical (unpaired) electrons. The Balaban J connectivity index is -0.000000202. The molecule has 0 atom stereocenters. The molecule has 0 rings (SSSR count). The molecule has 0 spiro atoms. The Kier molecular flexibility index (Phi) is 43.7. The average molecular weight is 251 g/mol. The summed E-state index contributed by atoms with van der Waals surface area (Å²) in [6.07, 6.45) is 13.9. The summed E-state index contributed by atoms with van der Waals surface area (Å²) in [7, 11) is 0. The molecule has 0 amide bonds. The molecule has 0 saturated carbocycles. The van der Waals surface area contributed by atoms with Crippen molar-refractivity contribution in [3.63, 3.8) is 0 Å². The normalized spacial score (nSPS) is 8.40. The van der Waals surface area contributed by atoms with Crippen molar-refractivity contribution < 1.29 is 71.5 Å². The van der Waals surface area contributed by atoms with Crippen LogP contribution in [0.5, 0.6) is 0 Å². The van der Waals surface area contributed by atoms with E-state index in [1.165, 1.54) is 57.8 Å². The van der Waals surface area contributed by atoms with Crippen molar-refractivity contribution in [2.24, 2.45) is 0 Å². The Morgan fingerprint density at radius 3 is 1.33 bits per heavy atom.